The molecular formula is C9H10ClNO4S. The third-order valence-corrected chi connectivity index (χ3v) is 2.91. The summed E-state index contributed by atoms with van der Waals surface area (Å²) in [6.45, 7) is -0.0812. The molecule has 0 aliphatic carbocycles. The molecule has 2 N–H and O–H groups in total. The van der Waals surface area contributed by atoms with Crippen LogP contribution in [0.1, 0.15) is 6.42 Å². The number of carbonyl (C=O) groups is 1. The summed E-state index contributed by atoms with van der Waals surface area (Å²) in [6, 6.07) is 6.46. The van der Waals surface area contributed by atoms with Crippen LogP contribution in [-0.4, -0.2) is 26.4 Å². The maximum atomic E-state index is 11.1. The Bertz CT molecular complexity index is 412. The minimum Gasteiger partial charge on any atom is -0.481 e. The Hall–Kier alpha value is -1.11. The van der Waals surface area contributed by atoms with E-state index >= 15 is 0 Å². The van der Waals surface area contributed by atoms with Gasteiger partial charge in [-0.1, -0.05) is 23.7 Å². The van der Waals surface area contributed by atoms with Crippen molar-refractivity contribution in [2.45, 2.75) is 6.42 Å². The monoisotopic (exact) mass is 263 g/mol. The van der Waals surface area contributed by atoms with Crippen molar-refractivity contribution in [3.05, 3.63) is 29.3 Å². The van der Waals surface area contributed by atoms with Crippen LogP contribution < -0.4 is 4.31 Å². The zero-order chi connectivity index (χ0) is 12.1. The Morgan fingerprint density at radius 2 is 2.06 bits per heavy atom. The summed E-state index contributed by atoms with van der Waals surface area (Å²) in [7, 11) is 0. The zero-order valence-electron chi connectivity index (χ0n) is 8.17. The quantitative estimate of drug-likeness (QED) is 0.794. The molecule has 0 aliphatic rings. The average Bonchev–Trinajstić information content (AvgIpc) is 2.20. The lowest BCUT2D eigenvalue weighted by molar-refractivity contribution is -0.136. The maximum Gasteiger partial charge on any atom is 0.305 e. The lowest BCUT2D eigenvalue weighted by Crippen LogP contribution is -2.28. The number of nitrogens with zero attached hydrogens (tertiary/aromatic N) is 1. The van der Waals surface area contributed by atoms with Crippen molar-refractivity contribution in [2.24, 2.45) is 0 Å². The van der Waals surface area contributed by atoms with Crippen molar-refractivity contribution in [3.8, 4) is 0 Å². The fraction of sp³-hybridized carbons (Fsp3) is 0.222. The Kier molecular flexibility index (Phi) is 4.72. The molecule has 88 valence electrons. The summed E-state index contributed by atoms with van der Waals surface area (Å²) in [6.07, 6.45) is -0.239. The van der Waals surface area contributed by atoms with Crippen LogP contribution in [0.2, 0.25) is 5.02 Å². The van der Waals surface area contributed by atoms with Gasteiger partial charge in [0.1, 0.15) is 0 Å². The average molecular weight is 264 g/mol. The number of anilines is 1. The van der Waals surface area contributed by atoms with E-state index in [4.69, 9.17) is 21.3 Å². The molecule has 0 radical (unpaired) electrons. The third kappa shape index (κ3) is 3.48. The van der Waals surface area contributed by atoms with Crippen molar-refractivity contribution in [2.75, 3.05) is 10.8 Å². The first kappa shape index (κ1) is 13.0. The van der Waals surface area contributed by atoms with Crippen molar-refractivity contribution >= 4 is 34.5 Å². The number of para-hydroxylation sites is 1. The molecule has 1 atom stereocenters. The largest absolute Gasteiger partial charge is 0.481 e. The molecule has 0 spiro atoms. The number of benzene rings is 1. The molecule has 0 heterocycles. The van der Waals surface area contributed by atoms with E-state index in [1.165, 1.54) is 0 Å². The Morgan fingerprint density at radius 1 is 1.44 bits per heavy atom. The van der Waals surface area contributed by atoms with Crippen LogP contribution >= 0.6 is 11.6 Å². The first-order valence-corrected chi connectivity index (χ1v) is 5.81. The number of aliphatic carboxylic acids is 1. The van der Waals surface area contributed by atoms with Gasteiger partial charge < -0.3 is 5.11 Å². The van der Waals surface area contributed by atoms with E-state index in [-0.39, 0.29) is 13.0 Å². The van der Waals surface area contributed by atoms with Crippen LogP contribution in [0, 0.1) is 0 Å². The molecule has 0 aromatic heterocycles. The molecule has 0 aliphatic heterocycles. The number of carboxylic acid groups (broad SMARTS) is 1. The predicted molar refractivity (Wildman–Crippen MR) is 61.8 cm³/mol. The molecule has 0 bridgehead atoms. The Labute approximate surface area is 100 Å². The number of rotatable bonds is 5. The molecule has 0 fully saturated rings. The standard InChI is InChI=1S/C9H10ClNO4S/c10-7-3-1-2-4-8(7)11(16(14)15)6-5-9(12)13/h1-4H,5-6H2,(H,12,13)(H,14,15). The zero-order valence-corrected chi connectivity index (χ0v) is 9.74. The van der Waals surface area contributed by atoms with Crippen LogP contribution in [0.25, 0.3) is 0 Å². The SMILES string of the molecule is O=C(O)CCN(c1ccccc1Cl)S(=O)O. The van der Waals surface area contributed by atoms with E-state index in [0.717, 1.165) is 4.31 Å². The lowest BCUT2D eigenvalue weighted by Gasteiger charge is -2.19. The molecule has 7 heteroatoms. The highest BCUT2D eigenvalue weighted by atomic mass is 35.5. The molecule has 16 heavy (non-hydrogen) atoms. The first-order valence-electron chi connectivity index (χ1n) is 4.37. The van der Waals surface area contributed by atoms with Crippen LogP contribution in [0.4, 0.5) is 5.69 Å². The fourth-order valence-electron chi connectivity index (χ4n) is 1.13. The molecule has 1 rings (SSSR count). The third-order valence-electron chi connectivity index (χ3n) is 1.84. The highest BCUT2D eigenvalue weighted by Crippen LogP contribution is 2.26. The van der Waals surface area contributed by atoms with E-state index in [1.54, 1.807) is 24.3 Å². The Morgan fingerprint density at radius 3 is 2.56 bits per heavy atom. The van der Waals surface area contributed by atoms with Gasteiger partial charge in [0, 0.05) is 6.54 Å². The molecule has 5 nitrogen and oxygen atoms in total. The second-order valence-electron chi connectivity index (χ2n) is 2.93. The summed E-state index contributed by atoms with van der Waals surface area (Å²) >= 11 is 3.55. The number of carboxylic acids is 1. The smallest absolute Gasteiger partial charge is 0.305 e. The second kappa shape index (κ2) is 5.83. The molecule has 0 amide bonds. The van der Waals surface area contributed by atoms with Crippen molar-refractivity contribution in [3.63, 3.8) is 0 Å². The van der Waals surface area contributed by atoms with Crippen LogP contribution in [0.15, 0.2) is 24.3 Å². The number of hydrogen-bond donors (Lipinski definition) is 2. The van der Waals surface area contributed by atoms with Crippen LogP contribution in [0.3, 0.4) is 0 Å². The highest BCUT2D eigenvalue weighted by molar-refractivity contribution is 7.80. The van der Waals surface area contributed by atoms with Crippen LogP contribution in [-0.2, 0) is 16.1 Å². The van der Waals surface area contributed by atoms with Gasteiger partial charge in [-0.3, -0.25) is 13.7 Å². The summed E-state index contributed by atoms with van der Waals surface area (Å²) in [5.74, 6) is -1.04. The van der Waals surface area contributed by atoms with E-state index < -0.39 is 17.2 Å². The van der Waals surface area contributed by atoms with E-state index in [1.807, 2.05) is 0 Å². The second-order valence-corrected chi connectivity index (χ2v) is 4.24. The van der Waals surface area contributed by atoms with Gasteiger partial charge in [0.15, 0.2) is 0 Å². The van der Waals surface area contributed by atoms with Gasteiger partial charge >= 0.3 is 5.97 Å². The van der Waals surface area contributed by atoms with Gasteiger partial charge in [0.2, 0.25) is 0 Å². The molecule has 1 unspecified atom stereocenters. The van der Waals surface area contributed by atoms with Crippen molar-refractivity contribution in [1.29, 1.82) is 0 Å². The minimum atomic E-state index is -2.30. The van der Waals surface area contributed by atoms with Gasteiger partial charge in [0.05, 0.1) is 17.1 Å². The van der Waals surface area contributed by atoms with Gasteiger partial charge in [-0.2, -0.15) is 0 Å². The molecule has 1 aromatic carbocycles. The predicted octanol–water partition coefficient (Wildman–Crippen LogP) is 1.76. The number of halogens is 1. The highest BCUT2D eigenvalue weighted by Gasteiger charge is 2.16. The Balaban J connectivity index is 2.90. The van der Waals surface area contributed by atoms with Gasteiger partial charge in [-0.05, 0) is 12.1 Å². The fourth-order valence-corrected chi connectivity index (χ4v) is 2.00. The van der Waals surface area contributed by atoms with Crippen LogP contribution in [0.5, 0.6) is 0 Å². The van der Waals surface area contributed by atoms with E-state index in [2.05, 4.69) is 0 Å². The summed E-state index contributed by atoms with van der Waals surface area (Å²) in [5, 5.41) is 8.82. The van der Waals surface area contributed by atoms with Gasteiger partial charge in [-0.25, -0.2) is 4.21 Å². The molecular weight excluding hydrogens is 254 g/mol. The van der Waals surface area contributed by atoms with Crippen molar-refractivity contribution in [1.82, 2.24) is 0 Å². The molecule has 0 saturated heterocycles. The molecule has 0 saturated carbocycles. The maximum absolute atomic E-state index is 11.1. The number of hydrogen-bond acceptors (Lipinski definition) is 2. The normalized spacial score (nSPS) is 12.1. The lowest BCUT2D eigenvalue weighted by atomic mass is 10.3. The van der Waals surface area contributed by atoms with Crippen molar-refractivity contribution < 1.29 is 18.7 Å². The summed E-state index contributed by atoms with van der Waals surface area (Å²) in [4.78, 5) is 10.4. The topological polar surface area (TPSA) is 77.8 Å². The van der Waals surface area contributed by atoms with Gasteiger partial charge in [0.25, 0.3) is 11.3 Å². The summed E-state index contributed by atoms with van der Waals surface area (Å²) < 4.78 is 21.1. The van der Waals surface area contributed by atoms with Gasteiger partial charge in [-0.15, -0.1) is 0 Å². The summed E-state index contributed by atoms with van der Waals surface area (Å²) in [5.41, 5.74) is 0.339. The first-order chi connectivity index (χ1) is 7.52. The minimum absolute atomic E-state index is 0.0812. The van der Waals surface area contributed by atoms with E-state index in [0.29, 0.717) is 10.7 Å². The molecule has 1 aromatic rings. The van der Waals surface area contributed by atoms with E-state index in [9.17, 15) is 9.00 Å².